The Bertz CT molecular complexity index is 743. The number of nitro groups is 1. The predicted octanol–water partition coefficient (Wildman–Crippen LogP) is 2.63. The fourth-order valence-electron chi connectivity index (χ4n) is 2.51. The van der Waals surface area contributed by atoms with Gasteiger partial charge in [0.25, 0.3) is 5.69 Å². The highest BCUT2D eigenvalue weighted by Crippen LogP contribution is 2.33. The molecule has 0 aromatic heterocycles. The van der Waals surface area contributed by atoms with E-state index in [1.807, 2.05) is 30.3 Å². The summed E-state index contributed by atoms with van der Waals surface area (Å²) in [7, 11) is 0. The van der Waals surface area contributed by atoms with Crippen LogP contribution in [0.5, 0.6) is 0 Å². The number of aliphatic hydroxyl groups excluding tert-OH is 2. The molecule has 0 spiro atoms. The van der Waals surface area contributed by atoms with Gasteiger partial charge in [0, 0.05) is 34.0 Å². The van der Waals surface area contributed by atoms with E-state index in [0.29, 0.717) is 5.69 Å². The van der Waals surface area contributed by atoms with Crippen molar-refractivity contribution < 1.29 is 19.9 Å². The van der Waals surface area contributed by atoms with Gasteiger partial charge in [0.15, 0.2) is 0 Å². The fourth-order valence-corrected chi connectivity index (χ4v) is 3.44. The van der Waals surface area contributed by atoms with Gasteiger partial charge in [0.1, 0.15) is 12.3 Å². The van der Waals surface area contributed by atoms with Crippen molar-refractivity contribution in [3.8, 4) is 0 Å². The number of nitrogens with one attached hydrogen (secondary N) is 1. The first-order chi connectivity index (χ1) is 12.0. The van der Waals surface area contributed by atoms with Crippen LogP contribution in [0.25, 0.3) is 0 Å². The number of benzene rings is 2. The lowest BCUT2D eigenvalue weighted by atomic mass is 10.1. The second-order valence-corrected chi connectivity index (χ2v) is 6.87. The van der Waals surface area contributed by atoms with Crippen molar-refractivity contribution in [2.75, 3.05) is 11.9 Å². The number of non-ortho nitro benzene ring substituents is 1. The van der Waals surface area contributed by atoms with E-state index in [9.17, 15) is 20.3 Å². The van der Waals surface area contributed by atoms with Crippen LogP contribution in [0.15, 0.2) is 58.3 Å². The fraction of sp³-hybridized carbons (Fsp3) is 0.294. The molecule has 0 bridgehead atoms. The molecule has 0 unspecified atom stereocenters. The van der Waals surface area contributed by atoms with Crippen LogP contribution >= 0.6 is 11.8 Å². The van der Waals surface area contributed by atoms with Gasteiger partial charge in [-0.05, 0) is 18.2 Å². The molecule has 1 aliphatic rings. The molecule has 3 atom stereocenters. The Morgan fingerprint density at radius 3 is 2.56 bits per heavy atom. The van der Waals surface area contributed by atoms with Gasteiger partial charge in [-0.3, -0.25) is 10.1 Å². The van der Waals surface area contributed by atoms with Crippen molar-refractivity contribution in [3.05, 3.63) is 58.6 Å². The predicted molar refractivity (Wildman–Crippen MR) is 93.7 cm³/mol. The number of nitrogens with zero attached hydrogens (tertiary/aromatic N) is 1. The van der Waals surface area contributed by atoms with Gasteiger partial charge in [-0.15, -0.1) is 0 Å². The maximum absolute atomic E-state index is 11.2. The zero-order valence-corrected chi connectivity index (χ0v) is 14.1. The minimum Gasteiger partial charge on any atom is -0.390 e. The molecule has 2 aromatic carbocycles. The van der Waals surface area contributed by atoms with E-state index in [1.54, 1.807) is 6.07 Å². The van der Waals surface area contributed by atoms with Crippen LogP contribution in [0.2, 0.25) is 0 Å². The van der Waals surface area contributed by atoms with Crippen molar-refractivity contribution in [1.29, 1.82) is 0 Å². The molecule has 132 valence electrons. The molecule has 1 heterocycles. The smallest absolute Gasteiger partial charge is 0.272 e. The number of hydrogen-bond acceptors (Lipinski definition) is 7. The average molecular weight is 362 g/mol. The summed E-state index contributed by atoms with van der Waals surface area (Å²) in [6.45, 7) is 0.0133. The van der Waals surface area contributed by atoms with Crippen molar-refractivity contribution in [3.63, 3.8) is 0 Å². The van der Waals surface area contributed by atoms with Gasteiger partial charge >= 0.3 is 0 Å². The van der Waals surface area contributed by atoms with Crippen LogP contribution in [0.4, 0.5) is 11.4 Å². The van der Waals surface area contributed by atoms with E-state index in [-0.39, 0.29) is 18.7 Å². The summed E-state index contributed by atoms with van der Waals surface area (Å²) in [5, 5.41) is 33.5. The van der Waals surface area contributed by atoms with Crippen LogP contribution in [0.1, 0.15) is 6.42 Å². The maximum atomic E-state index is 11.2. The summed E-state index contributed by atoms with van der Waals surface area (Å²) in [6, 6.07) is 14.3. The Morgan fingerprint density at radius 1 is 1.12 bits per heavy atom. The molecule has 1 aliphatic heterocycles. The van der Waals surface area contributed by atoms with Crippen LogP contribution in [-0.4, -0.2) is 40.2 Å². The Morgan fingerprint density at radius 2 is 1.88 bits per heavy atom. The summed E-state index contributed by atoms with van der Waals surface area (Å²) in [5.74, 6) is 0. The molecule has 1 fully saturated rings. The summed E-state index contributed by atoms with van der Waals surface area (Å²) >= 11 is 1.42. The molecular formula is C17H18N2O5S. The molecule has 0 radical (unpaired) electrons. The number of hydrogen-bond donors (Lipinski definition) is 3. The SMILES string of the molecule is O=[N+]([O-])c1cc(N[C@@H]2C[C@@H](O)[C@H](O)CO2)cc(Sc2ccccc2)c1. The molecule has 1 saturated heterocycles. The zero-order chi connectivity index (χ0) is 17.8. The maximum Gasteiger partial charge on any atom is 0.272 e. The summed E-state index contributed by atoms with van der Waals surface area (Å²) in [4.78, 5) is 12.5. The highest BCUT2D eigenvalue weighted by Gasteiger charge is 2.28. The third kappa shape index (κ3) is 4.70. The normalized spacial score (nSPS) is 23.2. The molecule has 3 N–H and O–H groups in total. The van der Waals surface area contributed by atoms with E-state index < -0.39 is 23.4 Å². The second-order valence-electron chi connectivity index (χ2n) is 5.72. The lowest BCUT2D eigenvalue weighted by Gasteiger charge is -2.31. The number of aliphatic hydroxyl groups is 2. The number of ether oxygens (including phenoxy) is 1. The molecule has 3 rings (SSSR count). The molecule has 0 saturated carbocycles. The van der Waals surface area contributed by atoms with Crippen molar-refractivity contribution in [1.82, 2.24) is 0 Å². The monoisotopic (exact) mass is 362 g/mol. The van der Waals surface area contributed by atoms with Crippen LogP contribution in [-0.2, 0) is 4.74 Å². The van der Waals surface area contributed by atoms with Crippen LogP contribution < -0.4 is 5.32 Å². The van der Waals surface area contributed by atoms with Gasteiger partial charge in [-0.2, -0.15) is 0 Å². The van der Waals surface area contributed by atoms with Gasteiger partial charge in [-0.1, -0.05) is 30.0 Å². The lowest BCUT2D eigenvalue weighted by Crippen LogP contribution is -2.44. The Labute approximate surface area is 148 Å². The Balaban J connectivity index is 1.79. The summed E-state index contributed by atoms with van der Waals surface area (Å²) in [5.41, 5.74) is 0.501. The third-order valence-electron chi connectivity index (χ3n) is 3.78. The highest BCUT2D eigenvalue weighted by atomic mass is 32.2. The molecule has 0 amide bonds. The number of anilines is 1. The average Bonchev–Trinajstić information content (AvgIpc) is 2.59. The third-order valence-corrected chi connectivity index (χ3v) is 4.76. The Hall–Kier alpha value is -2.13. The molecule has 7 nitrogen and oxygen atoms in total. The molecule has 8 heteroatoms. The number of rotatable bonds is 5. The minimum absolute atomic E-state index is 0.0133. The van der Waals surface area contributed by atoms with Crippen LogP contribution in [0.3, 0.4) is 0 Å². The van der Waals surface area contributed by atoms with E-state index in [1.165, 1.54) is 23.9 Å². The first-order valence-corrected chi connectivity index (χ1v) is 8.59. The van der Waals surface area contributed by atoms with Crippen molar-refractivity contribution >= 4 is 23.1 Å². The largest absolute Gasteiger partial charge is 0.390 e. The Kier molecular flexibility index (Phi) is 5.54. The second kappa shape index (κ2) is 7.83. The van der Waals surface area contributed by atoms with Gasteiger partial charge in [0.2, 0.25) is 0 Å². The van der Waals surface area contributed by atoms with Crippen molar-refractivity contribution in [2.45, 2.75) is 34.6 Å². The van der Waals surface area contributed by atoms with Crippen molar-refractivity contribution in [2.24, 2.45) is 0 Å². The first kappa shape index (κ1) is 17.7. The molecule has 0 aliphatic carbocycles. The summed E-state index contributed by atoms with van der Waals surface area (Å²) in [6.07, 6.45) is -2.11. The minimum atomic E-state index is -0.910. The molecule has 25 heavy (non-hydrogen) atoms. The van der Waals surface area contributed by atoms with E-state index in [2.05, 4.69) is 5.32 Å². The van der Waals surface area contributed by atoms with Gasteiger partial charge in [-0.25, -0.2) is 0 Å². The first-order valence-electron chi connectivity index (χ1n) is 7.78. The van der Waals surface area contributed by atoms with E-state index >= 15 is 0 Å². The van der Waals surface area contributed by atoms with E-state index in [4.69, 9.17) is 4.74 Å². The highest BCUT2D eigenvalue weighted by molar-refractivity contribution is 7.99. The number of nitro benzene ring substituents is 1. The molecular weight excluding hydrogens is 344 g/mol. The van der Waals surface area contributed by atoms with E-state index in [0.717, 1.165) is 9.79 Å². The van der Waals surface area contributed by atoms with Gasteiger partial charge < -0.3 is 20.3 Å². The standard InChI is InChI=1S/C17H18N2O5S/c20-15-9-17(24-10-16(15)21)18-11-6-12(19(22)23)8-14(7-11)25-13-4-2-1-3-5-13/h1-8,15-18,20-21H,9-10H2/t15-,16-,17+/m1/s1. The lowest BCUT2D eigenvalue weighted by molar-refractivity contribution is -0.385. The van der Waals surface area contributed by atoms with Crippen LogP contribution in [0, 0.1) is 10.1 Å². The van der Waals surface area contributed by atoms with Gasteiger partial charge in [0.05, 0.1) is 17.6 Å². The topological polar surface area (TPSA) is 105 Å². The zero-order valence-electron chi connectivity index (χ0n) is 13.2. The molecule has 2 aromatic rings. The quantitative estimate of drug-likeness (QED) is 0.555. The summed E-state index contributed by atoms with van der Waals surface area (Å²) < 4.78 is 5.43.